The lowest BCUT2D eigenvalue weighted by Gasteiger charge is -2.57. The molecule has 1 aliphatic heterocycles. The molecule has 1 N–H and O–H groups in total. The average Bonchev–Trinajstić information content (AvgIpc) is 3.10. The molecule has 6 rings (SSSR count). The van der Waals surface area contributed by atoms with Gasteiger partial charge in [0, 0.05) is 25.7 Å². The largest absolute Gasteiger partial charge is 0.478 e. The molecule has 1 amide bonds. The summed E-state index contributed by atoms with van der Waals surface area (Å²) in [5, 5.41) is 13.3. The highest BCUT2D eigenvalue weighted by molar-refractivity contribution is 5.86. The van der Waals surface area contributed by atoms with Crippen LogP contribution in [0.15, 0.2) is 12.4 Å². The van der Waals surface area contributed by atoms with Crippen LogP contribution in [-0.4, -0.2) is 44.8 Å². The third-order valence-corrected chi connectivity index (χ3v) is 7.73. The van der Waals surface area contributed by atoms with Crippen molar-refractivity contribution in [3.8, 4) is 0 Å². The first-order valence-electron chi connectivity index (χ1n) is 10.5. The van der Waals surface area contributed by atoms with E-state index in [9.17, 15) is 9.59 Å². The number of carboxylic acid groups (broad SMARTS) is 1. The minimum atomic E-state index is -0.940. The molecule has 4 bridgehead atoms. The van der Waals surface area contributed by atoms with Gasteiger partial charge in [-0.25, -0.2) is 4.79 Å². The number of likely N-dealkylation sites (tertiary alicyclic amines) is 1. The number of carbonyl (C=O) groups excluding carboxylic acids is 1. The van der Waals surface area contributed by atoms with Crippen LogP contribution in [0, 0.1) is 23.2 Å². The molecular weight excluding hydrogens is 342 g/mol. The second-order valence-corrected chi connectivity index (χ2v) is 9.72. The number of piperidine rings is 1. The van der Waals surface area contributed by atoms with Gasteiger partial charge in [-0.05, 0) is 74.5 Å². The van der Waals surface area contributed by atoms with Gasteiger partial charge in [-0.1, -0.05) is 0 Å². The van der Waals surface area contributed by atoms with Gasteiger partial charge < -0.3 is 10.0 Å². The molecule has 0 atom stereocenters. The van der Waals surface area contributed by atoms with E-state index < -0.39 is 5.97 Å². The maximum Gasteiger partial charge on any atom is 0.338 e. The molecule has 0 aromatic carbocycles. The van der Waals surface area contributed by atoms with Gasteiger partial charge in [0.2, 0.25) is 5.91 Å². The average molecular weight is 371 g/mol. The molecule has 4 aliphatic carbocycles. The summed E-state index contributed by atoms with van der Waals surface area (Å²) in [6.07, 6.45) is 13.6. The SMILES string of the molecule is O=C(O)c1cnn(C2CCN(C(=O)CC34CC5CC(CC(C5)C3)C4)CC2)c1. The first-order chi connectivity index (χ1) is 13.0. The van der Waals surface area contributed by atoms with Crippen LogP contribution in [0.5, 0.6) is 0 Å². The summed E-state index contributed by atoms with van der Waals surface area (Å²) in [5.74, 6) is 2.07. The number of nitrogens with zero attached hydrogens (tertiary/aromatic N) is 3. The molecule has 6 heteroatoms. The number of aromatic nitrogens is 2. The molecule has 1 aromatic heterocycles. The lowest BCUT2D eigenvalue weighted by Crippen LogP contribution is -2.49. The van der Waals surface area contributed by atoms with Crippen LogP contribution >= 0.6 is 0 Å². The number of rotatable bonds is 4. The van der Waals surface area contributed by atoms with Crippen molar-refractivity contribution >= 4 is 11.9 Å². The molecule has 4 saturated carbocycles. The number of carbonyl (C=O) groups is 2. The molecule has 146 valence electrons. The van der Waals surface area contributed by atoms with Crippen molar-refractivity contribution in [3.63, 3.8) is 0 Å². The molecule has 0 radical (unpaired) electrons. The van der Waals surface area contributed by atoms with Crippen molar-refractivity contribution in [2.24, 2.45) is 23.2 Å². The van der Waals surface area contributed by atoms with E-state index in [1.165, 1.54) is 44.7 Å². The van der Waals surface area contributed by atoms with Crippen molar-refractivity contribution in [1.82, 2.24) is 14.7 Å². The third-order valence-electron chi connectivity index (χ3n) is 7.73. The van der Waals surface area contributed by atoms with Gasteiger partial charge in [0.1, 0.15) is 0 Å². The van der Waals surface area contributed by atoms with Gasteiger partial charge >= 0.3 is 5.97 Å². The summed E-state index contributed by atoms with van der Waals surface area (Å²) in [6.45, 7) is 1.52. The van der Waals surface area contributed by atoms with Crippen LogP contribution in [-0.2, 0) is 4.79 Å². The lowest BCUT2D eigenvalue weighted by atomic mass is 9.49. The number of hydrogen-bond donors (Lipinski definition) is 1. The predicted molar refractivity (Wildman–Crippen MR) is 99.3 cm³/mol. The molecule has 5 aliphatic rings. The summed E-state index contributed by atoms with van der Waals surface area (Å²) < 4.78 is 1.77. The fourth-order valence-corrected chi connectivity index (χ4v) is 6.97. The van der Waals surface area contributed by atoms with Gasteiger partial charge in [-0.3, -0.25) is 9.48 Å². The first-order valence-corrected chi connectivity index (χ1v) is 10.5. The Balaban J connectivity index is 1.19. The lowest BCUT2D eigenvalue weighted by molar-refractivity contribution is -0.140. The van der Waals surface area contributed by atoms with Crippen LogP contribution in [0.2, 0.25) is 0 Å². The molecule has 0 unspecified atom stereocenters. The molecule has 5 fully saturated rings. The number of carboxylic acids is 1. The second kappa shape index (κ2) is 6.35. The summed E-state index contributed by atoms with van der Waals surface area (Å²) in [5.41, 5.74) is 0.538. The van der Waals surface area contributed by atoms with Crippen molar-refractivity contribution in [3.05, 3.63) is 18.0 Å². The molecule has 1 aromatic rings. The number of amides is 1. The van der Waals surface area contributed by atoms with E-state index in [4.69, 9.17) is 5.11 Å². The topological polar surface area (TPSA) is 75.4 Å². The van der Waals surface area contributed by atoms with E-state index >= 15 is 0 Å². The zero-order valence-electron chi connectivity index (χ0n) is 15.8. The van der Waals surface area contributed by atoms with Crippen LogP contribution in [0.1, 0.15) is 74.2 Å². The van der Waals surface area contributed by atoms with E-state index in [1.54, 1.807) is 10.9 Å². The first kappa shape index (κ1) is 17.3. The van der Waals surface area contributed by atoms with Crippen molar-refractivity contribution in [2.75, 3.05) is 13.1 Å². The van der Waals surface area contributed by atoms with Crippen LogP contribution < -0.4 is 0 Å². The summed E-state index contributed by atoms with van der Waals surface area (Å²) in [6, 6.07) is 0.196. The van der Waals surface area contributed by atoms with Crippen molar-refractivity contribution in [1.29, 1.82) is 0 Å². The summed E-state index contributed by atoms with van der Waals surface area (Å²) in [4.78, 5) is 26.1. The molecule has 6 nitrogen and oxygen atoms in total. The maximum absolute atomic E-state index is 13.0. The van der Waals surface area contributed by atoms with Crippen LogP contribution in [0.25, 0.3) is 0 Å². The Labute approximate surface area is 159 Å². The van der Waals surface area contributed by atoms with E-state index in [2.05, 4.69) is 10.00 Å². The highest BCUT2D eigenvalue weighted by atomic mass is 16.4. The van der Waals surface area contributed by atoms with Crippen LogP contribution in [0.4, 0.5) is 0 Å². The quantitative estimate of drug-likeness (QED) is 0.881. The van der Waals surface area contributed by atoms with E-state index in [1.807, 2.05) is 0 Å². The molecular formula is C21H29N3O3. The Morgan fingerprint density at radius 3 is 2.19 bits per heavy atom. The van der Waals surface area contributed by atoms with Gasteiger partial charge in [-0.15, -0.1) is 0 Å². The van der Waals surface area contributed by atoms with Crippen LogP contribution in [0.3, 0.4) is 0 Å². The second-order valence-electron chi connectivity index (χ2n) is 9.72. The van der Waals surface area contributed by atoms with Crippen molar-refractivity contribution < 1.29 is 14.7 Å². The third kappa shape index (κ3) is 3.17. The fraction of sp³-hybridized carbons (Fsp3) is 0.762. The van der Waals surface area contributed by atoms with Gasteiger partial charge in [-0.2, -0.15) is 5.10 Å². The normalized spacial score (nSPS) is 35.6. The van der Waals surface area contributed by atoms with E-state index in [0.717, 1.165) is 50.1 Å². The van der Waals surface area contributed by atoms with Gasteiger partial charge in [0.05, 0.1) is 17.8 Å². The number of aromatic carboxylic acids is 1. The summed E-state index contributed by atoms with van der Waals surface area (Å²) in [7, 11) is 0. The van der Waals surface area contributed by atoms with E-state index in [0.29, 0.717) is 11.3 Å². The smallest absolute Gasteiger partial charge is 0.338 e. The molecule has 1 saturated heterocycles. The fourth-order valence-electron chi connectivity index (χ4n) is 6.97. The Morgan fingerprint density at radius 2 is 1.67 bits per heavy atom. The Kier molecular flexibility index (Phi) is 4.06. The minimum absolute atomic E-state index is 0.196. The Bertz CT molecular complexity index is 712. The zero-order valence-corrected chi connectivity index (χ0v) is 15.8. The minimum Gasteiger partial charge on any atom is -0.478 e. The predicted octanol–water partition coefficient (Wildman–Crippen LogP) is 3.35. The molecule has 27 heavy (non-hydrogen) atoms. The Hall–Kier alpha value is -1.85. The highest BCUT2D eigenvalue weighted by Gasteiger charge is 2.51. The Morgan fingerprint density at radius 1 is 1.07 bits per heavy atom. The summed E-state index contributed by atoms with van der Waals surface area (Å²) >= 11 is 0. The molecule has 0 spiro atoms. The van der Waals surface area contributed by atoms with Gasteiger partial charge in [0.15, 0.2) is 0 Å². The maximum atomic E-state index is 13.0. The standard InChI is InChI=1S/C21H29N3O3/c25-19(11-21-8-14-5-15(9-21)7-16(6-14)10-21)23-3-1-18(2-4-23)24-13-17(12-22-24)20(26)27/h12-16,18H,1-11H2,(H,26,27). The van der Waals surface area contributed by atoms with Crippen molar-refractivity contribution in [2.45, 2.75) is 63.8 Å². The molecule has 2 heterocycles. The zero-order chi connectivity index (χ0) is 18.6. The van der Waals surface area contributed by atoms with E-state index in [-0.39, 0.29) is 11.6 Å². The monoisotopic (exact) mass is 371 g/mol. The number of hydrogen-bond acceptors (Lipinski definition) is 3. The van der Waals surface area contributed by atoms with Gasteiger partial charge in [0.25, 0.3) is 0 Å². The highest BCUT2D eigenvalue weighted by Crippen LogP contribution is 2.61.